The number of para-hydroxylation sites is 2. The monoisotopic (exact) mass is 302 g/mol. The largest absolute Gasteiger partial charge is 0.328 e. The van der Waals surface area contributed by atoms with Gasteiger partial charge in [0.1, 0.15) is 0 Å². The summed E-state index contributed by atoms with van der Waals surface area (Å²) in [7, 11) is 0. The van der Waals surface area contributed by atoms with Crippen molar-refractivity contribution in [3.63, 3.8) is 0 Å². The fourth-order valence-corrected chi connectivity index (χ4v) is 2.75. The van der Waals surface area contributed by atoms with Gasteiger partial charge in [0.15, 0.2) is 0 Å². The van der Waals surface area contributed by atoms with E-state index in [0.29, 0.717) is 0 Å². The summed E-state index contributed by atoms with van der Waals surface area (Å²) in [6, 6.07) is 29.7. The van der Waals surface area contributed by atoms with Crippen molar-refractivity contribution in [1.82, 2.24) is 0 Å². The lowest BCUT2D eigenvalue weighted by molar-refractivity contribution is 0.738. The van der Waals surface area contributed by atoms with Gasteiger partial charge in [0.05, 0.1) is 0 Å². The topological polar surface area (TPSA) is 29.3 Å². The predicted octanol–water partition coefficient (Wildman–Crippen LogP) is 5.05. The van der Waals surface area contributed by atoms with Gasteiger partial charge in [0.25, 0.3) is 0 Å². The fourth-order valence-electron chi connectivity index (χ4n) is 2.75. The van der Waals surface area contributed by atoms with Crippen molar-refractivity contribution in [2.45, 2.75) is 19.4 Å². The van der Waals surface area contributed by atoms with Gasteiger partial charge in [-0.1, -0.05) is 48.5 Å². The van der Waals surface area contributed by atoms with Gasteiger partial charge in [-0.15, -0.1) is 0 Å². The molecule has 2 heteroatoms. The Morgan fingerprint density at radius 1 is 0.696 bits per heavy atom. The number of benzene rings is 3. The normalized spacial score (nSPS) is 11.9. The van der Waals surface area contributed by atoms with Crippen LogP contribution in [-0.4, -0.2) is 6.04 Å². The molecule has 0 amide bonds. The predicted molar refractivity (Wildman–Crippen MR) is 98.5 cm³/mol. The van der Waals surface area contributed by atoms with Crippen LogP contribution in [0.25, 0.3) is 0 Å². The second-order valence-corrected chi connectivity index (χ2v) is 5.85. The van der Waals surface area contributed by atoms with Gasteiger partial charge in [-0.3, -0.25) is 0 Å². The minimum Gasteiger partial charge on any atom is -0.328 e. The lowest BCUT2D eigenvalue weighted by Gasteiger charge is -2.25. The smallest absolute Gasteiger partial charge is 0.0461 e. The maximum absolute atomic E-state index is 5.89. The van der Waals surface area contributed by atoms with Crippen LogP contribution in [0.4, 0.5) is 17.1 Å². The second-order valence-electron chi connectivity index (χ2n) is 5.85. The van der Waals surface area contributed by atoms with Crippen molar-refractivity contribution >= 4 is 17.1 Å². The molecule has 0 saturated carbocycles. The van der Waals surface area contributed by atoms with Crippen molar-refractivity contribution < 1.29 is 0 Å². The van der Waals surface area contributed by atoms with Crippen molar-refractivity contribution in [3.8, 4) is 0 Å². The van der Waals surface area contributed by atoms with Crippen molar-refractivity contribution in [3.05, 3.63) is 90.5 Å². The van der Waals surface area contributed by atoms with E-state index in [0.717, 1.165) is 23.5 Å². The third kappa shape index (κ3) is 3.79. The van der Waals surface area contributed by atoms with Crippen LogP contribution >= 0.6 is 0 Å². The summed E-state index contributed by atoms with van der Waals surface area (Å²) < 4.78 is 0. The number of hydrogen-bond acceptors (Lipinski definition) is 2. The van der Waals surface area contributed by atoms with Crippen LogP contribution in [-0.2, 0) is 6.42 Å². The molecule has 3 rings (SSSR count). The zero-order valence-corrected chi connectivity index (χ0v) is 13.4. The van der Waals surface area contributed by atoms with E-state index in [1.54, 1.807) is 0 Å². The van der Waals surface area contributed by atoms with Crippen molar-refractivity contribution in [2.75, 3.05) is 4.90 Å². The number of nitrogens with two attached hydrogens (primary N) is 1. The molecule has 1 atom stereocenters. The van der Waals surface area contributed by atoms with Crippen LogP contribution in [0, 0.1) is 0 Å². The highest BCUT2D eigenvalue weighted by Gasteiger charge is 2.11. The van der Waals surface area contributed by atoms with E-state index in [9.17, 15) is 0 Å². The highest BCUT2D eigenvalue weighted by atomic mass is 15.1. The lowest BCUT2D eigenvalue weighted by atomic mass is 10.1. The van der Waals surface area contributed by atoms with Crippen molar-refractivity contribution in [2.24, 2.45) is 5.73 Å². The number of nitrogens with zero attached hydrogens (tertiary/aromatic N) is 1. The molecule has 0 radical (unpaired) electrons. The number of hydrogen-bond donors (Lipinski definition) is 1. The summed E-state index contributed by atoms with van der Waals surface area (Å²) in [6.07, 6.45) is 0.900. The highest BCUT2D eigenvalue weighted by molar-refractivity contribution is 5.76. The van der Waals surface area contributed by atoms with E-state index in [-0.39, 0.29) is 6.04 Å². The van der Waals surface area contributed by atoms with Gasteiger partial charge < -0.3 is 10.6 Å². The average molecular weight is 302 g/mol. The summed E-state index contributed by atoms with van der Waals surface area (Å²) in [5.74, 6) is 0. The molecule has 0 spiro atoms. The molecule has 0 aromatic heterocycles. The van der Waals surface area contributed by atoms with Crippen LogP contribution in [0.1, 0.15) is 12.5 Å². The minimum atomic E-state index is 0.181. The molecule has 0 aliphatic heterocycles. The number of anilines is 3. The van der Waals surface area contributed by atoms with Gasteiger partial charge in [-0.25, -0.2) is 0 Å². The Labute approximate surface area is 138 Å². The molecule has 2 N–H and O–H groups in total. The van der Waals surface area contributed by atoms with E-state index in [1.165, 1.54) is 5.56 Å². The first kappa shape index (κ1) is 15.3. The second kappa shape index (κ2) is 7.12. The maximum Gasteiger partial charge on any atom is 0.0461 e. The molecule has 116 valence electrons. The Hall–Kier alpha value is -2.58. The molecular weight excluding hydrogens is 280 g/mol. The summed E-state index contributed by atoms with van der Waals surface area (Å²) >= 11 is 0. The Kier molecular flexibility index (Phi) is 4.74. The van der Waals surface area contributed by atoms with Crippen LogP contribution in [0.5, 0.6) is 0 Å². The quantitative estimate of drug-likeness (QED) is 0.715. The summed E-state index contributed by atoms with van der Waals surface area (Å²) in [5, 5.41) is 0. The van der Waals surface area contributed by atoms with Crippen LogP contribution < -0.4 is 10.6 Å². The molecule has 0 saturated heterocycles. The first-order valence-corrected chi connectivity index (χ1v) is 7.99. The van der Waals surface area contributed by atoms with Gasteiger partial charge in [0.2, 0.25) is 0 Å². The van der Waals surface area contributed by atoms with Gasteiger partial charge in [-0.05, 0) is 55.3 Å². The summed E-state index contributed by atoms with van der Waals surface area (Å²) in [6.45, 7) is 2.04. The Balaban J connectivity index is 1.99. The summed E-state index contributed by atoms with van der Waals surface area (Å²) in [4.78, 5) is 2.26. The third-order valence-corrected chi connectivity index (χ3v) is 3.78. The van der Waals surface area contributed by atoms with E-state index in [1.807, 2.05) is 19.1 Å². The molecule has 3 aromatic rings. The minimum absolute atomic E-state index is 0.181. The third-order valence-electron chi connectivity index (χ3n) is 3.78. The average Bonchev–Trinajstić information content (AvgIpc) is 2.58. The Bertz CT molecular complexity index is 679. The van der Waals surface area contributed by atoms with Gasteiger partial charge in [-0.2, -0.15) is 0 Å². The van der Waals surface area contributed by atoms with E-state index >= 15 is 0 Å². The molecule has 3 aromatic carbocycles. The lowest BCUT2D eigenvalue weighted by Crippen LogP contribution is -2.17. The Morgan fingerprint density at radius 3 is 1.57 bits per heavy atom. The van der Waals surface area contributed by atoms with Crippen LogP contribution in [0.2, 0.25) is 0 Å². The van der Waals surface area contributed by atoms with E-state index in [2.05, 4.69) is 77.7 Å². The molecule has 1 unspecified atom stereocenters. The Morgan fingerprint density at radius 2 is 1.13 bits per heavy atom. The first-order chi connectivity index (χ1) is 11.2. The fraction of sp³-hybridized carbons (Fsp3) is 0.143. The SMILES string of the molecule is CC(N)Cc1ccc(N(c2ccccc2)c2ccccc2)cc1. The zero-order chi connectivity index (χ0) is 16.1. The molecule has 0 heterocycles. The standard InChI is InChI=1S/C21H22N2/c1-17(22)16-18-12-14-21(15-13-18)23(19-8-4-2-5-9-19)20-10-6-3-7-11-20/h2-15,17H,16,22H2,1H3. The van der Waals surface area contributed by atoms with E-state index in [4.69, 9.17) is 5.73 Å². The van der Waals surface area contributed by atoms with Gasteiger partial charge in [0, 0.05) is 23.1 Å². The molecule has 0 aliphatic carbocycles. The molecule has 0 aliphatic rings. The van der Waals surface area contributed by atoms with Gasteiger partial charge >= 0.3 is 0 Å². The van der Waals surface area contributed by atoms with Crippen LogP contribution in [0.15, 0.2) is 84.9 Å². The molecule has 2 nitrogen and oxygen atoms in total. The first-order valence-electron chi connectivity index (χ1n) is 7.99. The van der Waals surface area contributed by atoms with Crippen LogP contribution in [0.3, 0.4) is 0 Å². The van der Waals surface area contributed by atoms with E-state index < -0.39 is 0 Å². The molecule has 0 fully saturated rings. The summed E-state index contributed by atoms with van der Waals surface area (Å²) in [5.41, 5.74) is 10.6. The highest BCUT2D eigenvalue weighted by Crippen LogP contribution is 2.34. The maximum atomic E-state index is 5.89. The molecular formula is C21H22N2. The molecule has 0 bridgehead atoms. The zero-order valence-electron chi connectivity index (χ0n) is 13.4. The van der Waals surface area contributed by atoms with Crippen molar-refractivity contribution in [1.29, 1.82) is 0 Å². The number of rotatable bonds is 5. The molecule has 23 heavy (non-hydrogen) atoms.